The predicted molar refractivity (Wildman–Crippen MR) is 126 cm³/mol. The average Bonchev–Trinajstić information content (AvgIpc) is 3.09. The lowest BCUT2D eigenvalue weighted by atomic mass is 9.53. The number of carbonyl (C=O) groups excluding carboxylic acids is 1. The Morgan fingerprint density at radius 2 is 1.94 bits per heavy atom. The van der Waals surface area contributed by atoms with Gasteiger partial charge in [-0.3, -0.25) is 4.79 Å². The van der Waals surface area contributed by atoms with Gasteiger partial charge in [-0.15, -0.1) is 6.58 Å². The van der Waals surface area contributed by atoms with E-state index in [2.05, 4.69) is 44.7 Å². The largest absolute Gasteiger partial charge is 0.377 e. The number of ketones is 1. The van der Waals surface area contributed by atoms with E-state index in [9.17, 15) is 4.79 Å². The van der Waals surface area contributed by atoms with Gasteiger partial charge in [-0.2, -0.15) is 0 Å². The number of aryl methyl sites for hydroxylation is 1. The fraction of sp³-hybridized carbons (Fsp3) is 0.552. The van der Waals surface area contributed by atoms with Crippen molar-refractivity contribution >= 4 is 5.78 Å². The smallest absolute Gasteiger partial charge is 0.156 e. The van der Waals surface area contributed by atoms with Crippen LogP contribution in [0.2, 0.25) is 0 Å². The molecule has 5 atom stereocenters. The van der Waals surface area contributed by atoms with Gasteiger partial charge in [0, 0.05) is 12.3 Å². The molecule has 31 heavy (non-hydrogen) atoms. The zero-order valence-electron chi connectivity index (χ0n) is 19.2. The molecule has 0 aliphatic heterocycles. The number of ether oxygens (including phenoxy) is 1. The molecule has 0 heterocycles. The number of rotatable bonds is 5. The second-order valence-electron chi connectivity index (χ2n) is 10.5. The van der Waals surface area contributed by atoms with Crippen molar-refractivity contribution in [3.8, 4) is 0 Å². The summed E-state index contributed by atoms with van der Waals surface area (Å²) in [4.78, 5) is 12.1. The van der Waals surface area contributed by atoms with E-state index in [1.807, 2.05) is 12.2 Å². The van der Waals surface area contributed by atoms with Gasteiger partial charge in [0.1, 0.15) is 0 Å². The molecule has 2 nitrogen and oxygen atoms in total. The van der Waals surface area contributed by atoms with Crippen molar-refractivity contribution in [1.29, 1.82) is 0 Å². The Bertz CT molecular complexity index is 934. The fourth-order valence-electron chi connectivity index (χ4n) is 7.28. The number of benzene rings is 1. The second kappa shape index (κ2) is 8.20. The van der Waals surface area contributed by atoms with Gasteiger partial charge in [0.25, 0.3) is 0 Å². The van der Waals surface area contributed by atoms with Crippen LogP contribution < -0.4 is 0 Å². The summed E-state index contributed by atoms with van der Waals surface area (Å²) >= 11 is 0. The van der Waals surface area contributed by atoms with Gasteiger partial charge in [-0.25, -0.2) is 0 Å². The number of hydrogen-bond donors (Lipinski definition) is 0. The fourth-order valence-corrected chi connectivity index (χ4v) is 7.28. The molecule has 1 aromatic carbocycles. The molecule has 0 saturated heterocycles. The molecule has 2 fully saturated rings. The number of carbonyl (C=O) groups is 1. The van der Waals surface area contributed by atoms with Crippen LogP contribution >= 0.6 is 0 Å². The van der Waals surface area contributed by atoms with E-state index in [0.29, 0.717) is 36.1 Å². The quantitative estimate of drug-likeness (QED) is 0.387. The molecule has 0 amide bonds. The van der Waals surface area contributed by atoms with Gasteiger partial charge in [0.15, 0.2) is 5.78 Å². The van der Waals surface area contributed by atoms with Crippen molar-refractivity contribution in [3.63, 3.8) is 0 Å². The van der Waals surface area contributed by atoms with E-state index in [-0.39, 0.29) is 5.41 Å². The van der Waals surface area contributed by atoms with E-state index in [0.717, 1.165) is 32.3 Å². The molecule has 0 spiro atoms. The third-order valence-electron chi connectivity index (χ3n) is 8.77. The lowest BCUT2D eigenvalue weighted by Gasteiger charge is -2.52. The summed E-state index contributed by atoms with van der Waals surface area (Å²) in [5.41, 5.74) is 7.56. The van der Waals surface area contributed by atoms with Gasteiger partial charge in [-0.05, 0) is 91.9 Å². The first kappa shape index (κ1) is 20.9. The van der Waals surface area contributed by atoms with Crippen LogP contribution in [0.5, 0.6) is 0 Å². The molecule has 164 valence electrons. The Labute approximate surface area is 187 Å². The van der Waals surface area contributed by atoms with Crippen LogP contribution in [0.25, 0.3) is 0 Å². The van der Waals surface area contributed by atoms with Gasteiger partial charge < -0.3 is 4.74 Å². The van der Waals surface area contributed by atoms with Crippen LogP contribution in [-0.2, 0) is 9.53 Å². The van der Waals surface area contributed by atoms with E-state index in [1.165, 1.54) is 36.0 Å². The van der Waals surface area contributed by atoms with Crippen molar-refractivity contribution in [2.75, 3.05) is 6.61 Å². The minimum atomic E-state index is 0.219. The van der Waals surface area contributed by atoms with Gasteiger partial charge in [0.2, 0.25) is 0 Å². The summed E-state index contributed by atoms with van der Waals surface area (Å²) in [7, 11) is 0. The van der Waals surface area contributed by atoms with Gasteiger partial charge in [-0.1, -0.05) is 48.4 Å². The Balaban J connectivity index is 1.58. The molecular formula is C29H36O2. The first-order chi connectivity index (χ1) is 15.0. The van der Waals surface area contributed by atoms with Crippen molar-refractivity contribution in [3.05, 3.63) is 70.8 Å². The highest BCUT2D eigenvalue weighted by Crippen LogP contribution is 2.64. The molecule has 4 unspecified atom stereocenters. The van der Waals surface area contributed by atoms with E-state index >= 15 is 0 Å². The van der Waals surface area contributed by atoms with Crippen LogP contribution in [0, 0.1) is 24.2 Å². The maximum atomic E-state index is 12.1. The highest BCUT2D eigenvalue weighted by Gasteiger charge is 2.57. The van der Waals surface area contributed by atoms with Crippen molar-refractivity contribution in [2.45, 2.75) is 77.2 Å². The van der Waals surface area contributed by atoms with Crippen molar-refractivity contribution in [2.24, 2.45) is 17.3 Å². The third kappa shape index (κ3) is 3.57. The zero-order valence-corrected chi connectivity index (χ0v) is 19.2. The Hall–Kier alpha value is -1.93. The molecule has 5 rings (SSSR count). The Morgan fingerprint density at radius 1 is 1.13 bits per heavy atom. The summed E-state index contributed by atoms with van der Waals surface area (Å²) in [6.07, 6.45) is 12.7. The molecule has 4 aliphatic rings. The summed E-state index contributed by atoms with van der Waals surface area (Å²) in [6.45, 7) is 9.34. The predicted octanol–water partition coefficient (Wildman–Crippen LogP) is 6.86. The molecule has 0 radical (unpaired) electrons. The number of allylic oxidation sites excluding steroid dienone is 4. The summed E-state index contributed by atoms with van der Waals surface area (Å²) < 4.78 is 6.48. The highest BCUT2D eigenvalue weighted by molar-refractivity contribution is 5.93. The van der Waals surface area contributed by atoms with Crippen molar-refractivity contribution in [1.82, 2.24) is 0 Å². The van der Waals surface area contributed by atoms with Crippen LogP contribution in [0.4, 0.5) is 0 Å². The average molecular weight is 417 g/mol. The van der Waals surface area contributed by atoms with Gasteiger partial charge in [0.05, 0.1) is 12.7 Å². The molecule has 0 bridgehead atoms. The topological polar surface area (TPSA) is 26.3 Å². The van der Waals surface area contributed by atoms with Gasteiger partial charge >= 0.3 is 0 Å². The summed E-state index contributed by atoms with van der Waals surface area (Å²) in [5.74, 6) is 2.10. The standard InChI is InChI=1S/C29H36O2/c1-4-5-16-31-27-15-14-26-24-12-10-21-17-22(30)11-13-23(21)28(24)25(18-29(26,27)3)20-8-6-19(2)7-9-20/h4,6-9,17,24-27H,1,5,10-16,18H2,2-3H3/t24?,25?,26?,27?,29-/m0/s1. The number of hydrogen-bond acceptors (Lipinski definition) is 2. The third-order valence-corrected chi connectivity index (χ3v) is 8.77. The van der Waals surface area contributed by atoms with Crippen LogP contribution in [0.3, 0.4) is 0 Å². The lowest BCUT2D eigenvalue weighted by molar-refractivity contribution is -0.114. The molecule has 0 aromatic heterocycles. The first-order valence-corrected chi connectivity index (χ1v) is 12.3. The molecule has 2 heteroatoms. The Kier molecular flexibility index (Phi) is 5.54. The molecular weight excluding hydrogens is 380 g/mol. The second-order valence-corrected chi connectivity index (χ2v) is 10.5. The lowest BCUT2D eigenvalue weighted by Crippen LogP contribution is -2.45. The van der Waals surface area contributed by atoms with Crippen LogP contribution in [0.15, 0.2) is 59.7 Å². The van der Waals surface area contributed by atoms with E-state index < -0.39 is 0 Å². The van der Waals surface area contributed by atoms with Crippen LogP contribution in [0.1, 0.15) is 75.3 Å². The minimum absolute atomic E-state index is 0.219. The monoisotopic (exact) mass is 416 g/mol. The molecule has 4 aliphatic carbocycles. The van der Waals surface area contributed by atoms with Crippen LogP contribution in [-0.4, -0.2) is 18.5 Å². The highest BCUT2D eigenvalue weighted by atomic mass is 16.5. The summed E-state index contributed by atoms with van der Waals surface area (Å²) in [5, 5.41) is 0. The zero-order chi connectivity index (χ0) is 21.6. The molecule has 0 N–H and O–H groups in total. The maximum Gasteiger partial charge on any atom is 0.156 e. The molecule has 2 saturated carbocycles. The number of fused-ring (bicyclic) bond motifs is 4. The van der Waals surface area contributed by atoms with E-state index in [4.69, 9.17) is 4.74 Å². The Morgan fingerprint density at radius 3 is 2.71 bits per heavy atom. The summed E-state index contributed by atoms with van der Waals surface area (Å²) in [6, 6.07) is 9.23. The minimum Gasteiger partial charge on any atom is -0.377 e. The first-order valence-electron chi connectivity index (χ1n) is 12.3. The molecule has 1 aromatic rings. The SMILES string of the molecule is C=CCCOC1CCC2C3CCC4=CC(=O)CCC4=C3C(c3ccc(C)cc3)C[C@]12C. The van der Waals surface area contributed by atoms with Crippen molar-refractivity contribution < 1.29 is 9.53 Å². The maximum absolute atomic E-state index is 12.1. The normalized spacial score (nSPS) is 34.6. The van der Waals surface area contributed by atoms with E-state index in [1.54, 1.807) is 11.1 Å².